The summed E-state index contributed by atoms with van der Waals surface area (Å²) >= 11 is 1.55. The standard InChI is InChI=1S/C24H26N4O2S/c1-16-5-4-6-19(13-16)9-12-22(29)27-28-23(30)21-10-7-20(8-11-21)15-31-24-25-17(2)14-18(3)26-24/h4-8,10-11,13-14H,9,12,15H2,1-3H3,(H,27,29)(H,28,30). The molecule has 7 heteroatoms. The predicted molar refractivity (Wildman–Crippen MR) is 123 cm³/mol. The van der Waals surface area contributed by atoms with Crippen LogP contribution in [0.5, 0.6) is 0 Å². The van der Waals surface area contributed by atoms with Crippen LogP contribution in [0, 0.1) is 20.8 Å². The van der Waals surface area contributed by atoms with E-state index in [2.05, 4.69) is 26.9 Å². The molecule has 0 aliphatic heterocycles. The number of amides is 2. The van der Waals surface area contributed by atoms with Gasteiger partial charge in [0.1, 0.15) is 0 Å². The zero-order valence-electron chi connectivity index (χ0n) is 17.9. The van der Waals surface area contributed by atoms with E-state index in [1.807, 2.05) is 57.2 Å². The number of benzene rings is 2. The van der Waals surface area contributed by atoms with E-state index in [0.717, 1.165) is 33.2 Å². The second-order valence-electron chi connectivity index (χ2n) is 7.41. The van der Waals surface area contributed by atoms with Gasteiger partial charge in [-0.15, -0.1) is 0 Å². The third-order valence-electron chi connectivity index (χ3n) is 4.58. The van der Waals surface area contributed by atoms with Gasteiger partial charge in [-0.1, -0.05) is 53.7 Å². The number of carbonyl (C=O) groups excluding carboxylic acids is 2. The molecule has 0 aliphatic carbocycles. The third-order valence-corrected chi connectivity index (χ3v) is 5.50. The highest BCUT2D eigenvalue weighted by Gasteiger charge is 2.08. The van der Waals surface area contributed by atoms with E-state index in [1.54, 1.807) is 23.9 Å². The summed E-state index contributed by atoms with van der Waals surface area (Å²) < 4.78 is 0. The van der Waals surface area contributed by atoms with Gasteiger partial charge in [0.05, 0.1) is 0 Å². The molecule has 0 aliphatic rings. The van der Waals surface area contributed by atoms with Crippen LogP contribution >= 0.6 is 11.8 Å². The van der Waals surface area contributed by atoms with Crippen LogP contribution in [0.4, 0.5) is 0 Å². The van der Waals surface area contributed by atoms with Crippen LogP contribution in [0.2, 0.25) is 0 Å². The summed E-state index contributed by atoms with van der Waals surface area (Å²) in [7, 11) is 0. The lowest BCUT2D eigenvalue weighted by Gasteiger charge is -2.08. The van der Waals surface area contributed by atoms with Gasteiger partial charge in [-0.3, -0.25) is 20.4 Å². The molecule has 0 fully saturated rings. The van der Waals surface area contributed by atoms with Crippen molar-refractivity contribution in [1.29, 1.82) is 0 Å². The average Bonchev–Trinajstić information content (AvgIpc) is 2.74. The molecule has 1 aromatic heterocycles. The van der Waals surface area contributed by atoms with Crippen LogP contribution in [0.1, 0.15) is 44.9 Å². The summed E-state index contributed by atoms with van der Waals surface area (Å²) in [5.41, 5.74) is 10.6. The van der Waals surface area contributed by atoms with Crippen LogP contribution < -0.4 is 10.9 Å². The number of aryl methyl sites for hydroxylation is 4. The van der Waals surface area contributed by atoms with Gasteiger partial charge in [0, 0.05) is 29.1 Å². The van der Waals surface area contributed by atoms with E-state index >= 15 is 0 Å². The fraction of sp³-hybridized carbons (Fsp3) is 0.250. The third kappa shape index (κ3) is 7.22. The van der Waals surface area contributed by atoms with Gasteiger partial charge < -0.3 is 0 Å². The second kappa shape index (κ2) is 10.7. The van der Waals surface area contributed by atoms with Crippen molar-refractivity contribution in [2.24, 2.45) is 0 Å². The van der Waals surface area contributed by atoms with E-state index in [9.17, 15) is 9.59 Å². The molecule has 0 radical (unpaired) electrons. The van der Waals surface area contributed by atoms with Crippen LogP contribution in [0.25, 0.3) is 0 Å². The van der Waals surface area contributed by atoms with E-state index in [4.69, 9.17) is 0 Å². The second-order valence-corrected chi connectivity index (χ2v) is 8.35. The molecule has 3 rings (SSSR count). The van der Waals surface area contributed by atoms with Crippen molar-refractivity contribution >= 4 is 23.6 Å². The first-order valence-corrected chi connectivity index (χ1v) is 11.1. The number of hydrogen-bond donors (Lipinski definition) is 2. The van der Waals surface area contributed by atoms with Gasteiger partial charge in [0.2, 0.25) is 5.91 Å². The molecule has 0 spiro atoms. The number of aromatic nitrogens is 2. The van der Waals surface area contributed by atoms with Crippen molar-refractivity contribution in [3.05, 3.63) is 88.2 Å². The predicted octanol–water partition coefficient (Wildman–Crippen LogP) is 4.09. The summed E-state index contributed by atoms with van der Waals surface area (Å²) in [6.07, 6.45) is 0.931. The van der Waals surface area contributed by atoms with Gasteiger partial charge in [0.25, 0.3) is 5.91 Å². The first-order valence-electron chi connectivity index (χ1n) is 10.1. The summed E-state index contributed by atoms with van der Waals surface area (Å²) in [6.45, 7) is 5.92. The lowest BCUT2D eigenvalue weighted by atomic mass is 10.1. The lowest BCUT2D eigenvalue weighted by Crippen LogP contribution is -2.41. The van der Waals surface area contributed by atoms with Crippen molar-refractivity contribution in [1.82, 2.24) is 20.8 Å². The molecule has 0 atom stereocenters. The minimum absolute atomic E-state index is 0.226. The zero-order chi connectivity index (χ0) is 22.2. The number of rotatable bonds is 7. The Balaban J connectivity index is 1.44. The molecule has 1 heterocycles. The first-order chi connectivity index (χ1) is 14.9. The highest BCUT2D eigenvalue weighted by atomic mass is 32.2. The number of hydrogen-bond acceptors (Lipinski definition) is 5. The number of nitrogens with zero attached hydrogens (tertiary/aromatic N) is 2. The van der Waals surface area contributed by atoms with E-state index < -0.39 is 0 Å². The van der Waals surface area contributed by atoms with Crippen molar-refractivity contribution in [2.75, 3.05) is 0 Å². The Bertz CT molecular complexity index is 1050. The van der Waals surface area contributed by atoms with E-state index in [0.29, 0.717) is 24.2 Å². The van der Waals surface area contributed by atoms with Crippen LogP contribution in [-0.2, 0) is 17.0 Å². The molecular weight excluding hydrogens is 408 g/mol. The molecule has 2 N–H and O–H groups in total. The summed E-state index contributed by atoms with van der Waals surface area (Å²) in [5.74, 6) is 0.137. The Morgan fingerprint density at radius 1 is 0.871 bits per heavy atom. The molecular formula is C24H26N4O2S. The summed E-state index contributed by atoms with van der Waals surface area (Å²) in [6, 6.07) is 17.3. The van der Waals surface area contributed by atoms with Crippen molar-refractivity contribution < 1.29 is 9.59 Å². The van der Waals surface area contributed by atoms with Crippen molar-refractivity contribution in [3.63, 3.8) is 0 Å². The average molecular weight is 435 g/mol. The molecule has 31 heavy (non-hydrogen) atoms. The monoisotopic (exact) mass is 434 g/mol. The maximum Gasteiger partial charge on any atom is 0.269 e. The van der Waals surface area contributed by atoms with Crippen LogP contribution in [0.3, 0.4) is 0 Å². The summed E-state index contributed by atoms with van der Waals surface area (Å²) in [5, 5.41) is 0.743. The Hall–Kier alpha value is -3.19. The minimum Gasteiger partial charge on any atom is -0.273 e. The molecule has 0 unspecified atom stereocenters. The Kier molecular flexibility index (Phi) is 7.78. The molecule has 2 aromatic carbocycles. The molecule has 0 saturated heterocycles. The Labute approximate surface area is 186 Å². The number of carbonyl (C=O) groups is 2. The van der Waals surface area contributed by atoms with Crippen LogP contribution in [-0.4, -0.2) is 21.8 Å². The van der Waals surface area contributed by atoms with Gasteiger partial charge in [-0.2, -0.15) is 0 Å². The minimum atomic E-state index is -0.347. The zero-order valence-corrected chi connectivity index (χ0v) is 18.8. The quantitative estimate of drug-likeness (QED) is 0.332. The maximum atomic E-state index is 12.3. The Morgan fingerprint density at radius 3 is 2.26 bits per heavy atom. The number of thioether (sulfide) groups is 1. The SMILES string of the molecule is Cc1cccc(CCC(=O)NNC(=O)c2ccc(CSc3nc(C)cc(C)n3)cc2)c1. The normalized spacial score (nSPS) is 10.5. The largest absolute Gasteiger partial charge is 0.273 e. The fourth-order valence-electron chi connectivity index (χ4n) is 3.05. The number of hydrazine groups is 1. The number of nitrogens with one attached hydrogen (secondary N) is 2. The lowest BCUT2D eigenvalue weighted by molar-refractivity contribution is -0.121. The van der Waals surface area contributed by atoms with Gasteiger partial charge in [-0.25, -0.2) is 9.97 Å². The molecule has 6 nitrogen and oxygen atoms in total. The molecule has 160 valence electrons. The van der Waals surface area contributed by atoms with Gasteiger partial charge >= 0.3 is 0 Å². The topological polar surface area (TPSA) is 84.0 Å². The maximum absolute atomic E-state index is 12.3. The fourth-order valence-corrected chi connectivity index (χ4v) is 3.95. The van der Waals surface area contributed by atoms with Gasteiger partial charge in [-0.05, 0) is 56.5 Å². The van der Waals surface area contributed by atoms with Crippen LogP contribution in [0.15, 0.2) is 59.8 Å². The van der Waals surface area contributed by atoms with Crippen molar-refractivity contribution in [3.8, 4) is 0 Å². The molecule has 0 bridgehead atoms. The Morgan fingerprint density at radius 2 is 1.58 bits per heavy atom. The molecule has 2 amide bonds. The molecule has 0 saturated carbocycles. The highest BCUT2D eigenvalue weighted by Crippen LogP contribution is 2.20. The highest BCUT2D eigenvalue weighted by molar-refractivity contribution is 7.98. The first kappa shape index (κ1) is 22.5. The van der Waals surface area contributed by atoms with Gasteiger partial charge in [0.15, 0.2) is 5.16 Å². The van der Waals surface area contributed by atoms with E-state index in [-0.39, 0.29) is 11.8 Å². The molecule has 3 aromatic rings. The smallest absolute Gasteiger partial charge is 0.269 e. The van der Waals surface area contributed by atoms with Crippen molar-refractivity contribution in [2.45, 2.75) is 44.5 Å². The summed E-state index contributed by atoms with van der Waals surface area (Å²) in [4.78, 5) is 33.1. The van der Waals surface area contributed by atoms with E-state index in [1.165, 1.54) is 0 Å².